The number of nitrogens with zero attached hydrogens (tertiary/aromatic N) is 2. The van der Waals surface area contributed by atoms with E-state index in [1.54, 1.807) is 13.4 Å². The number of hydrogen-bond acceptors (Lipinski definition) is 5. The first kappa shape index (κ1) is 18.2. The van der Waals surface area contributed by atoms with Crippen molar-refractivity contribution in [2.45, 2.75) is 40.2 Å². The Labute approximate surface area is 144 Å². The predicted octanol–water partition coefficient (Wildman–Crippen LogP) is 3.96. The average molecular weight is 330 g/mol. The van der Waals surface area contributed by atoms with Crippen LogP contribution in [0.1, 0.15) is 32.2 Å². The highest BCUT2D eigenvalue weighted by molar-refractivity contribution is 5.74. The summed E-state index contributed by atoms with van der Waals surface area (Å²) in [4.78, 5) is 8.63. The summed E-state index contributed by atoms with van der Waals surface area (Å²) in [5.41, 5.74) is 3.52. The number of aryl methyl sites for hydroxylation is 2. The van der Waals surface area contributed by atoms with Gasteiger partial charge in [-0.2, -0.15) is 0 Å². The Morgan fingerprint density at radius 2 is 1.67 bits per heavy atom. The third-order valence-electron chi connectivity index (χ3n) is 3.42. The molecule has 0 fully saturated rings. The van der Waals surface area contributed by atoms with Gasteiger partial charge in [-0.3, -0.25) is 0 Å². The molecule has 1 aromatic carbocycles. The van der Waals surface area contributed by atoms with E-state index in [1.165, 1.54) is 0 Å². The molecule has 0 atom stereocenters. The molecule has 0 saturated heterocycles. The molecule has 0 bridgehead atoms. The molecule has 0 aliphatic rings. The lowest BCUT2D eigenvalue weighted by atomic mass is 10.0. The lowest BCUT2D eigenvalue weighted by Crippen LogP contribution is -2.23. The van der Waals surface area contributed by atoms with Gasteiger partial charge in [0.1, 0.15) is 30.0 Å². The zero-order valence-corrected chi connectivity index (χ0v) is 15.3. The van der Waals surface area contributed by atoms with Crippen LogP contribution in [0.5, 0.6) is 11.5 Å². The molecule has 0 aliphatic carbocycles. The van der Waals surface area contributed by atoms with Crippen molar-refractivity contribution in [1.82, 2.24) is 9.97 Å². The summed E-state index contributed by atoms with van der Waals surface area (Å²) < 4.78 is 17.0. The van der Waals surface area contributed by atoms with E-state index in [-0.39, 0.29) is 5.60 Å². The maximum atomic E-state index is 5.96. The van der Waals surface area contributed by atoms with Crippen LogP contribution in [-0.4, -0.2) is 35.9 Å². The number of hydrogen-bond donors (Lipinski definition) is 0. The first-order valence-electron chi connectivity index (χ1n) is 8.05. The van der Waals surface area contributed by atoms with Crippen LogP contribution < -0.4 is 9.47 Å². The summed E-state index contributed by atoms with van der Waals surface area (Å²) in [6, 6.07) is 5.87. The summed E-state index contributed by atoms with van der Waals surface area (Å²) in [5, 5.41) is 0. The van der Waals surface area contributed by atoms with Crippen molar-refractivity contribution in [3.8, 4) is 22.6 Å². The Bertz CT molecular complexity index is 673. The number of rotatable bonds is 6. The minimum absolute atomic E-state index is 0.271. The van der Waals surface area contributed by atoms with Crippen LogP contribution in [-0.2, 0) is 4.74 Å². The van der Waals surface area contributed by atoms with Crippen LogP contribution in [0.4, 0.5) is 0 Å². The van der Waals surface area contributed by atoms with Crippen LogP contribution in [0.25, 0.3) is 11.1 Å². The van der Waals surface area contributed by atoms with E-state index < -0.39 is 0 Å². The zero-order valence-electron chi connectivity index (χ0n) is 15.3. The van der Waals surface area contributed by atoms with Gasteiger partial charge in [-0.15, -0.1) is 0 Å². The van der Waals surface area contributed by atoms with Crippen LogP contribution in [0.2, 0.25) is 0 Å². The first-order chi connectivity index (χ1) is 11.3. The van der Waals surface area contributed by atoms with E-state index in [0.29, 0.717) is 13.2 Å². The molecule has 0 saturated carbocycles. The molecule has 2 rings (SSSR count). The van der Waals surface area contributed by atoms with Gasteiger partial charge in [0.25, 0.3) is 0 Å². The Morgan fingerprint density at radius 1 is 1.00 bits per heavy atom. The smallest absolute Gasteiger partial charge is 0.131 e. The average Bonchev–Trinajstić information content (AvgIpc) is 2.47. The fourth-order valence-corrected chi connectivity index (χ4v) is 2.46. The number of benzene rings is 1. The Kier molecular flexibility index (Phi) is 5.78. The molecule has 5 nitrogen and oxygen atoms in total. The van der Waals surface area contributed by atoms with Crippen molar-refractivity contribution in [3.05, 3.63) is 35.9 Å². The summed E-state index contributed by atoms with van der Waals surface area (Å²) in [6.07, 6.45) is 1.58. The molecule has 24 heavy (non-hydrogen) atoms. The lowest BCUT2D eigenvalue weighted by Gasteiger charge is -2.22. The lowest BCUT2D eigenvalue weighted by molar-refractivity contribution is 0.128. The number of methoxy groups -OCH3 is 1. The van der Waals surface area contributed by atoms with Gasteiger partial charge in [0.05, 0.1) is 6.61 Å². The molecule has 130 valence electrons. The van der Waals surface area contributed by atoms with Gasteiger partial charge in [0, 0.05) is 35.7 Å². The first-order valence-corrected chi connectivity index (χ1v) is 8.05. The highest BCUT2D eigenvalue weighted by Crippen LogP contribution is 2.36. The third-order valence-corrected chi connectivity index (χ3v) is 3.42. The second-order valence-electron chi connectivity index (χ2n) is 6.63. The van der Waals surface area contributed by atoms with Crippen molar-refractivity contribution in [3.63, 3.8) is 0 Å². The van der Waals surface area contributed by atoms with Crippen LogP contribution in [0.15, 0.2) is 24.5 Å². The van der Waals surface area contributed by atoms with Gasteiger partial charge >= 0.3 is 0 Å². The van der Waals surface area contributed by atoms with Crippen molar-refractivity contribution >= 4 is 0 Å². The van der Waals surface area contributed by atoms with Crippen molar-refractivity contribution in [2.24, 2.45) is 0 Å². The standard InChI is InChI=1S/C19H26N2O3/c1-13-18(14(2)21-12-20-13)16-8-7-15(24-19(3,4)5)11-17(16)23-10-9-22-6/h7-8,11-12H,9-10H2,1-6H3. The highest BCUT2D eigenvalue weighted by Gasteiger charge is 2.17. The van der Waals surface area contributed by atoms with Crippen LogP contribution in [0, 0.1) is 13.8 Å². The molecular formula is C19H26N2O3. The van der Waals surface area contributed by atoms with Crippen LogP contribution >= 0.6 is 0 Å². The Hall–Kier alpha value is -2.14. The van der Waals surface area contributed by atoms with Gasteiger partial charge in [-0.05, 0) is 46.8 Å². The highest BCUT2D eigenvalue weighted by atomic mass is 16.5. The van der Waals surface area contributed by atoms with Gasteiger partial charge in [-0.25, -0.2) is 9.97 Å². The minimum Gasteiger partial charge on any atom is -0.490 e. The van der Waals surface area contributed by atoms with Gasteiger partial charge < -0.3 is 14.2 Å². The Balaban J connectivity index is 2.46. The molecule has 0 radical (unpaired) electrons. The topological polar surface area (TPSA) is 53.5 Å². The molecule has 0 N–H and O–H groups in total. The van der Waals surface area contributed by atoms with E-state index in [9.17, 15) is 0 Å². The van der Waals surface area contributed by atoms with E-state index >= 15 is 0 Å². The van der Waals surface area contributed by atoms with Gasteiger partial charge in [0.2, 0.25) is 0 Å². The molecular weight excluding hydrogens is 304 g/mol. The minimum atomic E-state index is -0.271. The van der Waals surface area contributed by atoms with Crippen LogP contribution in [0.3, 0.4) is 0 Å². The Morgan fingerprint density at radius 3 is 2.25 bits per heavy atom. The SMILES string of the molecule is COCCOc1cc(OC(C)(C)C)ccc1-c1c(C)ncnc1C. The summed E-state index contributed by atoms with van der Waals surface area (Å²) >= 11 is 0. The molecule has 0 unspecified atom stereocenters. The maximum Gasteiger partial charge on any atom is 0.131 e. The molecule has 0 amide bonds. The molecule has 2 aromatic rings. The molecule has 1 heterocycles. The fraction of sp³-hybridized carbons (Fsp3) is 0.474. The van der Waals surface area contributed by atoms with Crippen molar-refractivity contribution in [2.75, 3.05) is 20.3 Å². The van der Waals surface area contributed by atoms with Crippen molar-refractivity contribution in [1.29, 1.82) is 0 Å². The molecule has 0 spiro atoms. The quantitative estimate of drug-likeness (QED) is 0.750. The van der Waals surface area contributed by atoms with Gasteiger partial charge in [-0.1, -0.05) is 0 Å². The van der Waals surface area contributed by atoms with E-state index in [0.717, 1.165) is 34.0 Å². The predicted molar refractivity (Wildman–Crippen MR) is 94.7 cm³/mol. The van der Waals surface area contributed by atoms with Gasteiger partial charge in [0.15, 0.2) is 0 Å². The van der Waals surface area contributed by atoms with E-state index in [1.807, 2.05) is 52.8 Å². The normalized spacial score (nSPS) is 11.4. The third kappa shape index (κ3) is 4.68. The summed E-state index contributed by atoms with van der Waals surface area (Å²) in [7, 11) is 1.66. The molecule has 5 heteroatoms. The zero-order chi connectivity index (χ0) is 17.7. The monoisotopic (exact) mass is 330 g/mol. The number of aromatic nitrogens is 2. The second-order valence-corrected chi connectivity index (χ2v) is 6.63. The molecule has 1 aromatic heterocycles. The summed E-state index contributed by atoms with van der Waals surface area (Å²) in [5.74, 6) is 1.51. The van der Waals surface area contributed by atoms with Crippen molar-refractivity contribution < 1.29 is 14.2 Å². The largest absolute Gasteiger partial charge is 0.490 e. The molecule has 0 aliphatic heterocycles. The van der Waals surface area contributed by atoms with E-state index in [4.69, 9.17) is 14.2 Å². The fourth-order valence-electron chi connectivity index (χ4n) is 2.46. The van der Waals surface area contributed by atoms with E-state index in [2.05, 4.69) is 9.97 Å². The maximum absolute atomic E-state index is 5.96. The summed E-state index contributed by atoms with van der Waals surface area (Å²) in [6.45, 7) is 11.0. The number of ether oxygens (including phenoxy) is 3. The second kappa shape index (κ2) is 7.62.